The summed E-state index contributed by atoms with van der Waals surface area (Å²) >= 11 is 0. The molecule has 6 heavy (non-hydrogen) atoms. The summed E-state index contributed by atoms with van der Waals surface area (Å²) in [6.45, 7) is 1.27. The van der Waals surface area contributed by atoms with Crippen molar-refractivity contribution in [1.29, 1.82) is 0 Å². The van der Waals surface area contributed by atoms with Gasteiger partial charge in [0.15, 0.2) is 8.03 Å². The molecule has 0 amide bonds. The maximum Gasteiger partial charge on any atom is 0.186 e. The summed E-state index contributed by atoms with van der Waals surface area (Å²) in [6, 6.07) is 0. The molecule has 0 aliphatic rings. The van der Waals surface area contributed by atoms with Crippen LogP contribution in [0.2, 0.25) is 0 Å². The first-order chi connectivity index (χ1) is 1.73. The van der Waals surface area contributed by atoms with E-state index in [1.807, 2.05) is 0 Å². The Labute approximate surface area is 64.1 Å². The number of rotatable bonds is 0. The van der Waals surface area contributed by atoms with Crippen LogP contribution in [0.4, 0.5) is 0 Å². The van der Waals surface area contributed by atoms with Gasteiger partial charge in [-0.1, -0.05) is 0 Å². The largest absolute Gasteiger partial charge is 0.358 e. The molecule has 0 aliphatic carbocycles. The molecule has 0 heterocycles. The van der Waals surface area contributed by atoms with Gasteiger partial charge in [-0.3, -0.25) is 4.57 Å². The van der Waals surface area contributed by atoms with E-state index in [9.17, 15) is 4.57 Å². The molecule has 0 spiro atoms. The Morgan fingerprint density at radius 2 is 1.67 bits per heavy atom. The average molecular weight is 184 g/mol. The summed E-state index contributed by atoms with van der Waals surface area (Å²) in [5.74, 6) is 0. The summed E-state index contributed by atoms with van der Waals surface area (Å²) in [6.07, 6.45) is 0. The SMILES string of the molecule is C[PH](=O)O.[CH3-].[Y]. The molecule has 1 radical (unpaired) electrons. The van der Waals surface area contributed by atoms with Crippen molar-refractivity contribution in [1.82, 2.24) is 0 Å². The van der Waals surface area contributed by atoms with Gasteiger partial charge in [-0.05, 0) is 0 Å². The minimum Gasteiger partial charge on any atom is -0.358 e. The number of hydrogen-bond acceptors (Lipinski definition) is 1. The molecule has 0 saturated heterocycles. The predicted molar refractivity (Wildman–Crippen MR) is 23.6 cm³/mol. The van der Waals surface area contributed by atoms with Crippen molar-refractivity contribution < 1.29 is 42.2 Å². The van der Waals surface area contributed by atoms with Gasteiger partial charge in [-0.25, -0.2) is 0 Å². The Hall–Kier alpha value is 1.29. The average Bonchev–Trinajstić information content (AvgIpc) is 0.811. The second-order valence-corrected chi connectivity index (χ2v) is 1.56. The third-order valence-electron chi connectivity index (χ3n) is 0. The fourth-order valence-corrected chi connectivity index (χ4v) is 0. The zero-order chi connectivity index (χ0) is 3.58. The van der Waals surface area contributed by atoms with Crippen LogP contribution in [0.1, 0.15) is 0 Å². The van der Waals surface area contributed by atoms with Crippen molar-refractivity contribution in [3.05, 3.63) is 7.43 Å². The van der Waals surface area contributed by atoms with E-state index in [4.69, 9.17) is 4.89 Å². The van der Waals surface area contributed by atoms with E-state index < -0.39 is 8.03 Å². The molecule has 1 N–H and O–H groups in total. The quantitative estimate of drug-likeness (QED) is 0.440. The van der Waals surface area contributed by atoms with Crippen molar-refractivity contribution in [2.24, 2.45) is 0 Å². The smallest absolute Gasteiger partial charge is 0.186 e. The molecule has 1 atom stereocenters. The maximum atomic E-state index is 9.19. The van der Waals surface area contributed by atoms with Crippen LogP contribution in [-0.4, -0.2) is 11.6 Å². The molecule has 0 aromatic heterocycles. The zero-order valence-corrected chi connectivity index (χ0v) is 7.77. The first-order valence-electron chi connectivity index (χ1n) is 0.928. The van der Waals surface area contributed by atoms with Gasteiger partial charge in [0.25, 0.3) is 0 Å². The fraction of sp³-hybridized carbons (Fsp3) is 0.500. The Balaban J connectivity index is -0.0000000450. The predicted octanol–water partition coefficient (Wildman–Crippen LogP) is 0.531. The molecule has 4 heteroatoms. The van der Waals surface area contributed by atoms with Crippen LogP contribution < -0.4 is 0 Å². The standard InChI is InChI=1S/CH5O2P.CH3.Y/c1-4(2)3;;/h4H,1H3,(H,2,3);1H3;/q;-1;. The first kappa shape index (κ1) is 15.7. The van der Waals surface area contributed by atoms with E-state index in [1.165, 1.54) is 6.66 Å². The maximum absolute atomic E-state index is 9.19. The minimum atomic E-state index is -2.13. The Kier molecular flexibility index (Phi) is 25.0. The molecular weight excluding hydrogens is 176 g/mol. The summed E-state index contributed by atoms with van der Waals surface area (Å²) in [5, 5.41) is 0. The second-order valence-electron chi connectivity index (χ2n) is 0.519. The van der Waals surface area contributed by atoms with E-state index in [2.05, 4.69) is 0 Å². The van der Waals surface area contributed by atoms with Crippen LogP contribution in [0.3, 0.4) is 0 Å². The molecule has 0 bridgehead atoms. The van der Waals surface area contributed by atoms with Crippen molar-refractivity contribution in [2.75, 3.05) is 6.66 Å². The molecule has 0 aromatic rings. The monoisotopic (exact) mass is 184 g/mol. The fourth-order valence-electron chi connectivity index (χ4n) is 0. The van der Waals surface area contributed by atoms with Crippen LogP contribution in [0.5, 0.6) is 0 Å². The second kappa shape index (κ2) is 9.57. The molecule has 0 saturated carbocycles. The molecule has 0 rings (SSSR count). The first-order valence-corrected chi connectivity index (χ1v) is 2.78. The van der Waals surface area contributed by atoms with E-state index in [0.29, 0.717) is 0 Å². The Morgan fingerprint density at radius 1 is 1.67 bits per heavy atom. The summed E-state index contributed by atoms with van der Waals surface area (Å²) in [4.78, 5) is 7.60. The third-order valence-corrected chi connectivity index (χ3v) is 0. The van der Waals surface area contributed by atoms with Crippen LogP contribution in [-0.2, 0) is 37.3 Å². The van der Waals surface area contributed by atoms with Crippen LogP contribution >= 0.6 is 8.03 Å². The topological polar surface area (TPSA) is 37.3 Å². The Bertz CT molecular complexity index is 34.5. The number of hydrogen-bond donors (Lipinski definition) is 1. The van der Waals surface area contributed by atoms with Gasteiger partial charge in [-0.2, -0.15) is 0 Å². The van der Waals surface area contributed by atoms with Gasteiger partial charge in [0.05, 0.1) is 0 Å². The molecule has 37 valence electrons. The van der Waals surface area contributed by atoms with Gasteiger partial charge in [-0.15, -0.1) is 0 Å². The molecule has 0 fully saturated rings. The van der Waals surface area contributed by atoms with Crippen molar-refractivity contribution in [2.45, 2.75) is 0 Å². The van der Waals surface area contributed by atoms with Crippen LogP contribution in [0.25, 0.3) is 0 Å². The summed E-state index contributed by atoms with van der Waals surface area (Å²) < 4.78 is 9.19. The molecule has 1 unspecified atom stereocenters. The molecule has 0 aliphatic heterocycles. The van der Waals surface area contributed by atoms with Gasteiger partial charge < -0.3 is 12.3 Å². The normalized spacial score (nSPS) is 10.3. The molecular formula is C2H8O2PY-. The van der Waals surface area contributed by atoms with E-state index in [0.717, 1.165) is 0 Å². The Morgan fingerprint density at radius 3 is 1.67 bits per heavy atom. The molecule has 2 nitrogen and oxygen atoms in total. The van der Waals surface area contributed by atoms with E-state index in [-0.39, 0.29) is 40.1 Å². The van der Waals surface area contributed by atoms with Crippen molar-refractivity contribution in [3.8, 4) is 0 Å². The molecule has 0 aromatic carbocycles. The minimum absolute atomic E-state index is 0. The summed E-state index contributed by atoms with van der Waals surface area (Å²) in [5.41, 5.74) is 0. The van der Waals surface area contributed by atoms with Crippen LogP contribution in [0.15, 0.2) is 0 Å². The van der Waals surface area contributed by atoms with Crippen molar-refractivity contribution >= 4 is 8.03 Å². The van der Waals surface area contributed by atoms with Gasteiger partial charge >= 0.3 is 0 Å². The van der Waals surface area contributed by atoms with E-state index in [1.54, 1.807) is 0 Å². The van der Waals surface area contributed by atoms with Crippen molar-refractivity contribution in [3.63, 3.8) is 0 Å². The summed E-state index contributed by atoms with van der Waals surface area (Å²) in [7, 11) is -2.13. The third kappa shape index (κ3) is 58.3. The van der Waals surface area contributed by atoms with E-state index >= 15 is 0 Å². The van der Waals surface area contributed by atoms with Gasteiger partial charge in [0.2, 0.25) is 0 Å². The van der Waals surface area contributed by atoms with Crippen LogP contribution in [0, 0.1) is 7.43 Å². The van der Waals surface area contributed by atoms with Gasteiger partial charge in [0.1, 0.15) is 0 Å². The zero-order valence-electron chi connectivity index (χ0n) is 3.93. The van der Waals surface area contributed by atoms with Gasteiger partial charge in [0, 0.05) is 39.4 Å².